The number of hydrogen-bond acceptors (Lipinski definition) is 11. The molecule has 0 saturated carbocycles. The summed E-state index contributed by atoms with van der Waals surface area (Å²) in [5.41, 5.74) is 14.2. The summed E-state index contributed by atoms with van der Waals surface area (Å²) in [4.78, 5) is 17.3. The lowest BCUT2D eigenvalue weighted by molar-refractivity contribution is 0.326. The zero-order valence-electron chi connectivity index (χ0n) is 27.1. The Morgan fingerprint density at radius 1 is 1.18 bits per heavy atom. The van der Waals surface area contributed by atoms with Gasteiger partial charge in [0.1, 0.15) is 34.8 Å². The number of anilines is 3. The van der Waals surface area contributed by atoms with E-state index in [1.807, 2.05) is 24.0 Å². The minimum absolute atomic E-state index is 0.0235. The minimum atomic E-state index is -1.44. The molecular formula is C35H32ClF3N8O2S. The highest BCUT2D eigenvalue weighted by molar-refractivity contribution is 7.23. The number of ether oxygens (including phenoxy) is 2. The molecule has 5 aromatic rings. The third-order valence-electron chi connectivity index (χ3n) is 9.53. The number of pyridine rings is 1. The maximum Gasteiger partial charge on any atom is 0.318 e. The van der Waals surface area contributed by atoms with Gasteiger partial charge in [0.25, 0.3) is 6.08 Å². The fourth-order valence-electron chi connectivity index (χ4n) is 7.14. The normalized spacial score (nSPS) is 17.5. The lowest BCUT2D eigenvalue weighted by atomic mass is 9.96. The van der Waals surface area contributed by atoms with E-state index in [1.54, 1.807) is 24.4 Å². The van der Waals surface area contributed by atoms with E-state index in [-0.39, 0.29) is 46.1 Å². The van der Waals surface area contributed by atoms with Crippen molar-refractivity contribution in [2.24, 2.45) is 0 Å². The van der Waals surface area contributed by atoms with Crippen molar-refractivity contribution in [3.8, 4) is 29.0 Å². The SMILES string of the molecule is COc1nc2c3c(c(Cl)c(-c4cccc5sc(N)c(C#N)c45)c(F)c3n1)OCCN2C(C)c1cccnc1N.FC(F)=C1CC2CCCN2C1. The number of methoxy groups -OCH3 is 1. The molecule has 2 fully saturated rings. The van der Waals surface area contributed by atoms with Crippen molar-refractivity contribution in [3.63, 3.8) is 0 Å². The molecule has 50 heavy (non-hydrogen) atoms. The third-order valence-corrected chi connectivity index (χ3v) is 10.9. The Morgan fingerprint density at radius 2 is 2.00 bits per heavy atom. The van der Waals surface area contributed by atoms with E-state index in [9.17, 15) is 14.0 Å². The Labute approximate surface area is 294 Å². The van der Waals surface area contributed by atoms with Gasteiger partial charge in [-0.1, -0.05) is 29.8 Å². The fraction of sp³-hybridized carbons (Fsp3) is 0.314. The van der Waals surface area contributed by atoms with E-state index < -0.39 is 11.9 Å². The maximum absolute atomic E-state index is 16.6. The highest BCUT2D eigenvalue weighted by Crippen LogP contribution is 2.51. The molecule has 0 aliphatic carbocycles. The van der Waals surface area contributed by atoms with Gasteiger partial charge in [-0.2, -0.15) is 24.0 Å². The van der Waals surface area contributed by atoms with Crippen LogP contribution in [0.5, 0.6) is 11.8 Å². The number of aromatic nitrogens is 3. The second-order valence-corrected chi connectivity index (χ2v) is 13.7. The van der Waals surface area contributed by atoms with Crippen LogP contribution in [0.15, 0.2) is 48.2 Å². The van der Waals surface area contributed by atoms with Crippen LogP contribution >= 0.6 is 22.9 Å². The van der Waals surface area contributed by atoms with Crippen LogP contribution in [0.1, 0.15) is 43.4 Å². The number of thiophene rings is 1. The molecule has 3 aliphatic rings. The van der Waals surface area contributed by atoms with Crippen molar-refractivity contribution in [2.75, 3.05) is 49.7 Å². The topological polar surface area (TPSA) is 139 Å². The number of nitrogens with zero attached hydrogens (tertiary/aromatic N) is 6. The van der Waals surface area contributed by atoms with Crippen molar-refractivity contribution in [2.45, 2.75) is 38.3 Å². The summed E-state index contributed by atoms with van der Waals surface area (Å²) in [7, 11) is 1.41. The molecule has 0 spiro atoms. The number of halogens is 4. The zero-order valence-corrected chi connectivity index (χ0v) is 28.7. The largest absolute Gasteiger partial charge is 0.489 e. The summed E-state index contributed by atoms with van der Waals surface area (Å²) >= 11 is 8.19. The Balaban J connectivity index is 0.000000302. The van der Waals surface area contributed by atoms with Crippen LogP contribution in [-0.2, 0) is 0 Å². The molecule has 0 amide bonds. The van der Waals surface area contributed by atoms with Gasteiger partial charge in [0.15, 0.2) is 11.6 Å². The van der Waals surface area contributed by atoms with Gasteiger partial charge in [-0.25, -0.2) is 9.37 Å². The van der Waals surface area contributed by atoms with Crippen LogP contribution in [0.4, 0.5) is 29.8 Å². The maximum atomic E-state index is 16.6. The van der Waals surface area contributed by atoms with Gasteiger partial charge in [-0.15, -0.1) is 11.3 Å². The Hall–Kier alpha value is -4.84. The first kappa shape index (κ1) is 33.6. The molecule has 10 nitrogen and oxygen atoms in total. The van der Waals surface area contributed by atoms with E-state index in [0.29, 0.717) is 64.1 Å². The van der Waals surface area contributed by atoms with Crippen molar-refractivity contribution < 1.29 is 22.6 Å². The fourth-order valence-corrected chi connectivity index (χ4v) is 8.42. The van der Waals surface area contributed by atoms with Gasteiger partial charge in [0.05, 0.1) is 35.7 Å². The Morgan fingerprint density at radius 3 is 2.72 bits per heavy atom. The molecule has 6 heterocycles. The van der Waals surface area contributed by atoms with Gasteiger partial charge >= 0.3 is 6.01 Å². The van der Waals surface area contributed by atoms with Crippen LogP contribution in [0.25, 0.3) is 32.1 Å². The standard InChI is InChI=1S/C27H21ClFN7O2S.C8H11F2N/c1-12(13-6-4-8-33-24(13)31)36-9-10-38-23-19-22(34-27(37-2)35-26(19)36)21(29)18(20(23)28)14-5-3-7-16-17(14)15(11-30)25(32)39-16;9-8(10)6-4-7-2-1-3-11(7)5-6/h3-8,12H,9-10,32H2,1-2H3,(H2,31,33);7H,1-5H2. The highest BCUT2D eigenvalue weighted by atomic mass is 35.5. The number of benzene rings is 2. The molecule has 4 N–H and O–H groups in total. The van der Waals surface area contributed by atoms with Gasteiger partial charge in [-0.05, 0) is 50.4 Å². The first-order chi connectivity index (χ1) is 24.1. The van der Waals surface area contributed by atoms with Crippen molar-refractivity contribution >= 4 is 60.6 Å². The Kier molecular flexibility index (Phi) is 9.06. The van der Waals surface area contributed by atoms with E-state index >= 15 is 4.39 Å². The number of hydrogen-bond donors (Lipinski definition) is 2. The van der Waals surface area contributed by atoms with Gasteiger partial charge in [-0.3, -0.25) is 4.90 Å². The van der Waals surface area contributed by atoms with E-state index in [2.05, 4.69) is 25.9 Å². The molecule has 0 radical (unpaired) electrons. The molecule has 2 aromatic carbocycles. The molecule has 2 atom stereocenters. The average Bonchev–Trinajstić information content (AvgIpc) is 3.78. The van der Waals surface area contributed by atoms with Crippen LogP contribution in [0.2, 0.25) is 5.02 Å². The number of fused-ring (bicyclic) bond motifs is 2. The molecule has 15 heteroatoms. The molecule has 8 rings (SSSR count). The van der Waals surface area contributed by atoms with Crippen LogP contribution in [0.3, 0.4) is 0 Å². The molecular weight excluding hydrogens is 689 g/mol. The molecule has 258 valence electrons. The summed E-state index contributed by atoms with van der Waals surface area (Å²) in [5.74, 6) is 0.320. The van der Waals surface area contributed by atoms with Crippen molar-refractivity contribution in [3.05, 3.63) is 70.1 Å². The van der Waals surface area contributed by atoms with Crippen molar-refractivity contribution in [1.82, 2.24) is 19.9 Å². The van der Waals surface area contributed by atoms with Gasteiger partial charge < -0.3 is 25.8 Å². The van der Waals surface area contributed by atoms with Crippen LogP contribution in [-0.4, -0.2) is 59.2 Å². The first-order valence-electron chi connectivity index (χ1n) is 16.0. The second-order valence-electron chi connectivity index (χ2n) is 12.3. The zero-order chi connectivity index (χ0) is 35.3. The molecule has 3 aromatic heterocycles. The smallest absolute Gasteiger partial charge is 0.318 e. The average molecular weight is 721 g/mol. The van der Waals surface area contributed by atoms with Crippen LogP contribution in [0, 0.1) is 17.1 Å². The number of nitrogen functional groups attached to an aromatic ring is 2. The number of nitrogens with two attached hydrogens (primary N) is 2. The number of nitriles is 1. The third kappa shape index (κ3) is 5.69. The highest BCUT2D eigenvalue weighted by Gasteiger charge is 2.34. The van der Waals surface area contributed by atoms with Crippen molar-refractivity contribution in [1.29, 1.82) is 5.26 Å². The summed E-state index contributed by atoms with van der Waals surface area (Å²) in [5, 5.41) is 11.0. The van der Waals surface area contributed by atoms with E-state index in [1.165, 1.54) is 24.9 Å². The quantitative estimate of drug-likeness (QED) is 0.190. The van der Waals surface area contributed by atoms with E-state index in [0.717, 1.165) is 23.2 Å². The minimum Gasteiger partial charge on any atom is -0.489 e. The summed E-state index contributed by atoms with van der Waals surface area (Å²) in [6.07, 6.45) is 3.08. The lowest BCUT2D eigenvalue weighted by Crippen LogP contribution is -2.31. The summed E-state index contributed by atoms with van der Waals surface area (Å²) < 4.78 is 53.1. The molecule has 0 bridgehead atoms. The summed E-state index contributed by atoms with van der Waals surface area (Å²) in [6, 6.07) is 11.2. The summed E-state index contributed by atoms with van der Waals surface area (Å²) in [6.45, 7) is 4.11. The van der Waals surface area contributed by atoms with Gasteiger partial charge in [0.2, 0.25) is 0 Å². The predicted molar refractivity (Wildman–Crippen MR) is 189 cm³/mol. The lowest BCUT2D eigenvalue weighted by Gasteiger charge is -2.30. The first-order valence-corrected chi connectivity index (χ1v) is 17.2. The predicted octanol–water partition coefficient (Wildman–Crippen LogP) is 7.71. The Bertz CT molecular complexity index is 2210. The van der Waals surface area contributed by atoms with Gasteiger partial charge in [0, 0.05) is 45.6 Å². The number of rotatable bonds is 4. The molecule has 3 aliphatic heterocycles. The van der Waals surface area contributed by atoms with E-state index in [4.69, 9.17) is 32.5 Å². The molecule has 2 saturated heterocycles. The van der Waals surface area contributed by atoms with Crippen LogP contribution < -0.4 is 25.8 Å². The second kappa shape index (κ2) is 13.5. The monoisotopic (exact) mass is 720 g/mol. The molecule has 2 unspecified atom stereocenters.